The molecule has 7 heteroatoms. The summed E-state index contributed by atoms with van der Waals surface area (Å²) in [7, 11) is 1.42. The van der Waals surface area contributed by atoms with Crippen molar-refractivity contribution >= 4 is 23.3 Å². The topological polar surface area (TPSA) is 68.2 Å². The van der Waals surface area contributed by atoms with E-state index in [-0.39, 0.29) is 29.5 Å². The van der Waals surface area contributed by atoms with Gasteiger partial charge in [-0.15, -0.1) is 0 Å². The van der Waals surface area contributed by atoms with Crippen molar-refractivity contribution in [2.45, 2.75) is 63.1 Å². The largest absolute Gasteiger partial charge is 0.490 e. The first-order valence-electron chi connectivity index (χ1n) is 14.1. The molecule has 6 nitrogen and oxygen atoms in total. The number of aliphatic hydroxyl groups excluding tert-OH is 1. The van der Waals surface area contributed by atoms with Gasteiger partial charge in [-0.05, 0) is 85.4 Å². The highest BCUT2D eigenvalue weighted by atomic mass is 35.5. The third kappa shape index (κ3) is 4.69. The normalized spacial score (nSPS) is 32.4. The van der Waals surface area contributed by atoms with E-state index in [1.807, 2.05) is 18.2 Å². The Morgan fingerprint density at radius 2 is 2.11 bits per heavy atom. The summed E-state index contributed by atoms with van der Waals surface area (Å²) in [4.78, 5) is 14.9. The Kier molecular flexibility index (Phi) is 7.08. The number of carbonyl (C=O) groups is 1. The van der Waals surface area contributed by atoms with Crippen LogP contribution in [0.25, 0.3) is 0 Å². The Morgan fingerprint density at radius 1 is 1.24 bits per heavy atom. The smallest absolute Gasteiger partial charge is 0.337 e. The van der Waals surface area contributed by atoms with E-state index in [0.29, 0.717) is 37.0 Å². The SMILES string of the molecule is COC(=O)c1ccc2c(c1)N(C[C@@H]1CC[C@H]1[C@H]1C[C@@H](O)[C@@H](C)CO1)C[C@@]1(CCCc3cc(Cl)ccc31)CO2. The van der Waals surface area contributed by atoms with Crippen molar-refractivity contribution in [1.82, 2.24) is 0 Å². The average Bonchev–Trinajstić information content (AvgIpc) is 3.05. The van der Waals surface area contributed by atoms with Crippen LogP contribution in [0.2, 0.25) is 5.02 Å². The maximum Gasteiger partial charge on any atom is 0.337 e. The number of ether oxygens (including phenoxy) is 3. The minimum atomic E-state index is -0.343. The van der Waals surface area contributed by atoms with E-state index in [1.54, 1.807) is 6.07 Å². The van der Waals surface area contributed by atoms with Crippen molar-refractivity contribution in [3.8, 4) is 5.75 Å². The van der Waals surface area contributed by atoms with Crippen molar-refractivity contribution in [2.75, 3.05) is 38.3 Å². The van der Waals surface area contributed by atoms with Gasteiger partial charge < -0.3 is 24.2 Å². The predicted octanol–water partition coefficient (Wildman–Crippen LogP) is 5.41. The van der Waals surface area contributed by atoms with Crippen molar-refractivity contribution in [3.63, 3.8) is 0 Å². The summed E-state index contributed by atoms with van der Waals surface area (Å²) in [6.07, 6.45) is 5.95. The molecule has 2 fully saturated rings. The molecule has 1 spiro atoms. The van der Waals surface area contributed by atoms with Gasteiger partial charge in [-0.3, -0.25) is 0 Å². The monoisotopic (exact) mass is 539 g/mol. The number of fused-ring (bicyclic) bond motifs is 3. The number of aliphatic hydroxyl groups is 1. The number of halogens is 1. The number of aryl methyl sites for hydroxylation is 1. The molecule has 6 atom stereocenters. The molecule has 2 heterocycles. The maximum atomic E-state index is 12.5. The standard InChI is InChI=1S/C31H38ClNO5/c1-19-16-37-29(14-27(19)34)24-8-5-22(24)15-33-17-31(11-3-4-20-12-23(32)7-9-25(20)31)18-38-28-10-6-21(13-26(28)33)30(35)36-2/h6-7,9-10,12-13,19,22,24,27,29,34H,3-5,8,11,14-18H2,1-2H3/t19-,22-,24+,27+,29+,31-/m0/s1. The molecule has 2 aromatic carbocycles. The van der Waals surface area contributed by atoms with Crippen LogP contribution in [0, 0.1) is 17.8 Å². The molecule has 0 bridgehead atoms. The van der Waals surface area contributed by atoms with E-state index in [4.69, 9.17) is 25.8 Å². The van der Waals surface area contributed by atoms with Crippen LogP contribution in [0.3, 0.4) is 0 Å². The van der Waals surface area contributed by atoms with Gasteiger partial charge >= 0.3 is 5.97 Å². The zero-order valence-corrected chi connectivity index (χ0v) is 23.1. The molecule has 38 heavy (non-hydrogen) atoms. The van der Waals surface area contributed by atoms with Crippen LogP contribution in [-0.4, -0.2) is 56.7 Å². The van der Waals surface area contributed by atoms with Gasteiger partial charge in [0, 0.05) is 35.9 Å². The second kappa shape index (κ2) is 10.4. The zero-order valence-electron chi connectivity index (χ0n) is 22.3. The molecule has 0 radical (unpaired) electrons. The molecular formula is C31H38ClNO5. The van der Waals surface area contributed by atoms with Crippen LogP contribution in [0.15, 0.2) is 36.4 Å². The number of anilines is 1. The van der Waals surface area contributed by atoms with Gasteiger partial charge in [0.15, 0.2) is 0 Å². The minimum absolute atomic E-state index is 0.107. The molecule has 6 rings (SSSR count). The van der Waals surface area contributed by atoms with Crippen molar-refractivity contribution < 1.29 is 24.1 Å². The number of carbonyl (C=O) groups excluding carboxylic acids is 1. The van der Waals surface area contributed by atoms with E-state index in [1.165, 1.54) is 18.2 Å². The number of nitrogens with zero attached hydrogens (tertiary/aromatic N) is 1. The lowest BCUT2D eigenvalue weighted by atomic mass is 9.67. The lowest BCUT2D eigenvalue weighted by molar-refractivity contribution is -0.124. The summed E-state index contributed by atoms with van der Waals surface area (Å²) in [6, 6.07) is 11.9. The fourth-order valence-corrected chi connectivity index (χ4v) is 7.37. The molecule has 0 unspecified atom stereocenters. The van der Waals surface area contributed by atoms with Crippen LogP contribution in [0.5, 0.6) is 5.75 Å². The molecule has 2 aliphatic heterocycles. The van der Waals surface area contributed by atoms with Crippen LogP contribution in [-0.2, 0) is 21.3 Å². The molecule has 1 saturated carbocycles. The highest BCUT2D eigenvalue weighted by Gasteiger charge is 2.45. The number of hydrogen-bond donors (Lipinski definition) is 1. The summed E-state index contributed by atoms with van der Waals surface area (Å²) in [5.74, 6) is 1.55. The Hall–Kier alpha value is -2.28. The third-order valence-corrected chi connectivity index (χ3v) is 9.81. The fourth-order valence-electron chi connectivity index (χ4n) is 7.18. The highest BCUT2D eigenvalue weighted by Crippen LogP contribution is 2.47. The summed E-state index contributed by atoms with van der Waals surface area (Å²) in [5, 5.41) is 11.3. The number of rotatable bonds is 4. The molecule has 4 aliphatic rings. The number of methoxy groups -OCH3 is 1. The van der Waals surface area contributed by atoms with Gasteiger partial charge in [0.05, 0.1) is 43.8 Å². The van der Waals surface area contributed by atoms with Crippen LogP contribution in [0.4, 0.5) is 5.69 Å². The zero-order chi connectivity index (χ0) is 26.4. The van der Waals surface area contributed by atoms with E-state index >= 15 is 0 Å². The third-order valence-electron chi connectivity index (χ3n) is 9.57. The van der Waals surface area contributed by atoms with E-state index in [0.717, 1.165) is 61.7 Å². The molecule has 0 amide bonds. The van der Waals surface area contributed by atoms with Crippen molar-refractivity contribution in [3.05, 3.63) is 58.1 Å². The summed E-state index contributed by atoms with van der Waals surface area (Å²) in [6.45, 7) is 4.95. The molecule has 2 aliphatic carbocycles. The maximum absolute atomic E-state index is 12.5. The van der Waals surface area contributed by atoms with Gasteiger partial charge in [-0.25, -0.2) is 4.79 Å². The van der Waals surface area contributed by atoms with Crippen molar-refractivity contribution in [1.29, 1.82) is 0 Å². The van der Waals surface area contributed by atoms with Gasteiger partial charge in [0.1, 0.15) is 5.75 Å². The van der Waals surface area contributed by atoms with E-state index in [2.05, 4.69) is 24.0 Å². The molecular weight excluding hydrogens is 502 g/mol. The Labute approximate surface area is 230 Å². The van der Waals surface area contributed by atoms with Crippen LogP contribution < -0.4 is 9.64 Å². The van der Waals surface area contributed by atoms with Crippen LogP contribution >= 0.6 is 11.6 Å². The summed E-state index contributed by atoms with van der Waals surface area (Å²) in [5.41, 5.74) is 3.97. The average molecular weight is 540 g/mol. The Bertz CT molecular complexity index is 1200. The number of hydrogen-bond acceptors (Lipinski definition) is 6. The number of esters is 1. The van der Waals surface area contributed by atoms with E-state index < -0.39 is 0 Å². The molecule has 0 aromatic heterocycles. The molecule has 1 saturated heterocycles. The molecule has 204 valence electrons. The molecule has 2 aromatic rings. The second-order valence-corrected chi connectivity index (χ2v) is 12.4. The Balaban J connectivity index is 1.33. The highest BCUT2D eigenvalue weighted by molar-refractivity contribution is 6.30. The Morgan fingerprint density at radius 3 is 2.87 bits per heavy atom. The summed E-state index contributed by atoms with van der Waals surface area (Å²) >= 11 is 6.39. The first kappa shape index (κ1) is 26.0. The minimum Gasteiger partial charge on any atom is -0.490 e. The second-order valence-electron chi connectivity index (χ2n) is 11.9. The fraction of sp³-hybridized carbons (Fsp3) is 0.581. The van der Waals surface area contributed by atoms with Gasteiger partial charge in [-0.1, -0.05) is 24.6 Å². The first-order chi connectivity index (χ1) is 18.4. The quantitative estimate of drug-likeness (QED) is 0.524. The van der Waals surface area contributed by atoms with Crippen molar-refractivity contribution in [2.24, 2.45) is 17.8 Å². The lowest BCUT2D eigenvalue weighted by Gasteiger charge is -2.48. The van der Waals surface area contributed by atoms with E-state index in [9.17, 15) is 9.90 Å². The predicted molar refractivity (Wildman–Crippen MR) is 147 cm³/mol. The van der Waals surface area contributed by atoms with Gasteiger partial charge in [-0.2, -0.15) is 0 Å². The first-order valence-corrected chi connectivity index (χ1v) is 14.4. The lowest BCUT2D eigenvalue weighted by Crippen LogP contribution is -2.51. The molecule has 1 N–H and O–H groups in total. The summed E-state index contributed by atoms with van der Waals surface area (Å²) < 4.78 is 17.8. The van der Waals surface area contributed by atoms with Gasteiger partial charge in [0.25, 0.3) is 0 Å². The number of benzene rings is 2. The van der Waals surface area contributed by atoms with Gasteiger partial charge in [0.2, 0.25) is 0 Å². The van der Waals surface area contributed by atoms with Crippen LogP contribution in [0.1, 0.15) is 60.5 Å².